The summed E-state index contributed by atoms with van der Waals surface area (Å²) in [5, 5.41) is 0. The summed E-state index contributed by atoms with van der Waals surface area (Å²) in [5.41, 5.74) is 0.717. The Labute approximate surface area is 107 Å². The van der Waals surface area contributed by atoms with Gasteiger partial charge < -0.3 is 9.64 Å². The Morgan fingerprint density at radius 3 is 3.06 bits per heavy atom. The van der Waals surface area contributed by atoms with Gasteiger partial charge in [0.25, 0.3) is 0 Å². The molecular weight excluding hydrogens is 233 g/mol. The van der Waals surface area contributed by atoms with Crippen LogP contribution in [0.3, 0.4) is 0 Å². The van der Waals surface area contributed by atoms with E-state index in [9.17, 15) is 9.18 Å². The lowest BCUT2D eigenvalue weighted by Crippen LogP contribution is -2.33. The number of rotatable bonds is 4. The van der Waals surface area contributed by atoms with Crippen LogP contribution in [-0.2, 0) is 16.0 Å². The number of carbonyl (C=O) groups excluding carboxylic acids is 1. The van der Waals surface area contributed by atoms with Crippen LogP contribution < -0.4 is 0 Å². The first kappa shape index (κ1) is 13.0. The third kappa shape index (κ3) is 3.53. The maximum Gasteiger partial charge on any atom is 0.226 e. The van der Waals surface area contributed by atoms with Crippen LogP contribution in [0, 0.1) is 11.7 Å². The van der Waals surface area contributed by atoms with Gasteiger partial charge in [0.15, 0.2) is 0 Å². The number of halogens is 1. The molecule has 1 aromatic carbocycles. The van der Waals surface area contributed by atoms with Crippen LogP contribution in [0.25, 0.3) is 0 Å². The molecule has 1 aromatic rings. The van der Waals surface area contributed by atoms with Crippen molar-refractivity contribution < 1.29 is 13.9 Å². The Kier molecular flexibility index (Phi) is 4.31. The second kappa shape index (κ2) is 5.96. The van der Waals surface area contributed by atoms with Crippen LogP contribution in [0.4, 0.5) is 4.39 Å². The molecule has 0 saturated carbocycles. The summed E-state index contributed by atoms with van der Waals surface area (Å²) in [6, 6.07) is 6.19. The number of carbonyl (C=O) groups is 1. The molecule has 0 radical (unpaired) electrons. The SMILES string of the molecule is CN(CC1CCOC1)C(=O)Cc1cccc(F)c1. The van der Waals surface area contributed by atoms with Crippen LogP contribution in [0.2, 0.25) is 0 Å². The maximum atomic E-state index is 13.0. The van der Waals surface area contributed by atoms with E-state index in [1.807, 2.05) is 0 Å². The normalized spacial score (nSPS) is 18.9. The van der Waals surface area contributed by atoms with Crippen LogP contribution >= 0.6 is 0 Å². The highest BCUT2D eigenvalue weighted by molar-refractivity contribution is 5.78. The van der Waals surface area contributed by atoms with E-state index in [4.69, 9.17) is 4.74 Å². The van der Waals surface area contributed by atoms with Crippen molar-refractivity contribution in [3.05, 3.63) is 35.6 Å². The van der Waals surface area contributed by atoms with Gasteiger partial charge in [0.1, 0.15) is 5.82 Å². The van der Waals surface area contributed by atoms with Gasteiger partial charge in [-0.15, -0.1) is 0 Å². The zero-order valence-electron chi connectivity index (χ0n) is 10.6. The first-order valence-corrected chi connectivity index (χ1v) is 6.21. The lowest BCUT2D eigenvalue weighted by atomic mass is 10.1. The fraction of sp³-hybridized carbons (Fsp3) is 0.500. The van der Waals surface area contributed by atoms with Crippen molar-refractivity contribution >= 4 is 5.91 Å². The topological polar surface area (TPSA) is 29.5 Å². The van der Waals surface area contributed by atoms with Gasteiger partial charge in [0.2, 0.25) is 5.91 Å². The van der Waals surface area contributed by atoms with Crippen LogP contribution in [0.15, 0.2) is 24.3 Å². The minimum atomic E-state index is -0.299. The van der Waals surface area contributed by atoms with E-state index >= 15 is 0 Å². The van der Waals surface area contributed by atoms with Gasteiger partial charge in [-0.2, -0.15) is 0 Å². The van der Waals surface area contributed by atoms with E-state index in [0.717, 1.165) is 25.2 Å². The Balaban J connectivity index is 1.86. The molecule has 1 heterocycles. The first-order chi connectivity index (χ1) is 8.65. The predicted molar refractivity (Wildman–Crippen MR) is 66.7 cm³/mol. The lowest BCUT2D eigenvalue weighted by Gasteiger charge is -2.20. The molecule has 0 spiro atoms. The molecule has 1 atom stereocenters. The number of hydrogen-bond acceptors (Lipinski definition) is 2. The van der Waals surface area contributed by atoms with Crippen LogP contribution in [0.5, 0.6) is 0 Å². The predicted octanol–water partition coefficient (Wildman–Crippen LogP) is 1.86. The minimum absolute atomic E-state index is 0.0208. The quantitative estimate of drug-likeness (QED) is 0.817. The smallest absolute Gasteiger partial charge is 0.226 e. The van der Waals surface area contributed by atoms with E-state index < -0.39 is 0 Å². The fourth-order valence-corrected chi connectivity index (χ4v) is 2.17. The zero-order chi connectivity index (χ0) is 13.0. The molecule has 3 nitrogen and oxygen atoms in total. The molecule has 98 valence electrons. The number of hydrogen-bond donors (Lipinski definition) is 0. The average molecular weight is 251 g/mol. The Hall–Kier alpha value is -1.42. The number of amides is 1. The van der Waals surface area contributed by atoms with Gasteiger partial charge in [0, 0.05) is 26.1 Å². The maximum absolute atomic E-state index is 13.0. The first-order valence-electron chi connectivity index (χ1n) is 6.21. The average Bonchev–Trinajstić information content (AvgIpc) is 2.81. The van der Waals surface area contributed by atoms with Crippen LogP contribution in [0.1, 0.15) is 12.0 Å². The summed E-state index contributed by atoms with van der Waals surface area (Å²) < 4.78 is 18.3. The highest BCUT2D eigenvalue weighted by Crippen LogP contribution is 2.14. The van der Waals surface area contributed by atoms with Gasteiger partial charge in [-0.3, -0.25) is 4.79 Å². The summed E-state index contributed by atoms with van der Waals surface area (Å²) in [4.78, 5) is 13.7. The Bertz CT molecular complexity index is 416. The van der Waals surface area contributed by atoms with E-state index in [1.54, 1.807) is 24.1 Å². The van der Waals surface area contributed by atoms with Crippen molar-refractivity contribution in [1.82, 2.24) is 4.90 Å². The molecule has 0 aliphatic carbocycles. The third-order valence-electron chi connectivity index (χ3n) is 3.23. The van der Waals surface area contributed by atoms with Crippen molar-refractivity contribution in [2.75, 3.05) is 26.8 Å². The Morgan fingerprint density at radius 2 is 2.39 bits per heavy atom. The molecule has 2 rings (SSSR count). The van der Waals surface area contributed by atoms with Crippen molar-refractivity contribution in [3.63, 3.8) is 0 Å². The summed E-state index contributed by atoms with van der Waals surface area (Å²) in [7, 11) is 1.79. The highest BCUT2D eigenvalue weighted by atomic mass is 19.1. The van der Waals surface area contributed by atoms with Gasteiger partial charge in [-0.1, -0.05) is 12.1 Å². The number of ether oxygens (including phenoxy) is 1. The number of benzene rings is 1. The largest absolute Gasteiger partial charge is 0.381 e. The zero-order valence-corrected chi connectivity index (χ0v) is 10.6. The fourth-order valence-electron chi connectivity index (χ4n) is 2.17. The molecule has 4 heteroatoms. The monoisotopic (exact) mass is 251 g/mol. The van der Waals surface area contributed by atoms with Crippen molar-refractivity contribution in [2.45, 2.75) is 12.8 Å². The van der Waals surface area contributed by atoms with Gasteiger partial charge in [0.05, 0.1) is 13.0 Å². The molecule has 18 heavy (non-hydrogen) atoms. The summed E-state index contributed by atoms with van der Waals surface area (Å²) in [6.45, 7) is 2.24. The van der Waals surface area contributed by atoms with Crippen molar-refractivity contribution in [2.24, 2.45) is 5.92 Å². The molecular formula is C14H18FNO2. The molecule has 0 bridgehead atoms. The second-order valence-corrected chi connectivity index (χ2v) is 4.81. The van der Waals surface area contributed by atoms with E-state index in [-0.39, 0.29) is 18.1 Å². The van der Waals surface area contributed by atoms with Crippen molar-refractivity contribution in [1.29, 1.82) is 0 Å². The number of likely N-dealkylation sites (N-methyl/N-ethyl adjacent to an activating group) is 1. The highest BCUT2D eigenvalue weighted by Gasteiger charge is 2.20. The van der Waals surface area contributed by atoms with Gasteiger partial charge in [-0.05, 0) is 24.1 Å². The third-order valence-corrected chi connectivity index (χ3v) is 3.23. The van der Waals surface area contributed by atoms with Gasteiger partial charge in [-0.25, -0.2) is 4.39 Å². The van der Waals surface area contributed by atoms with Crippen molar-refractivity contribution in [3.8, 4) is 0 Å². The molecule has 1 amide bonds. The second-order valence-electron chi connectivity index (χ2n) is 4.81. The summed E-state index contributed by atoms with van der Waals surface area (Å²) in [6.07, 6.45) is 1.26. The van der Waals surface area contributed by atoms with E-state index in [0.29, 0.717) is 12.5 Å². The Morgan fingerprint density at radius 1 is 1.56 bits per heavy atom. The standard InChI is InChI=1S/C14H18FNO2/c1-16(9-12-5-6-18-10-12)14(17)8-11-3-2-4-13(15)7-11/h2-4,7,12H,5-6,8-10H2,1H3. The number of nitrogens with zero attached hydrogens (tertiary/aromatic N) is 1. The molecule has 0 N–H and O–H groups in total. The summed E-state index contributed by atoms with van der Waals surface area (Å²) in [5.74, 6) is 0.158. The van der Waals surface area contributed by atoms with Crippen LogP contribution in [-0.4, -0.2) is 37.6 Å². The summed E-state index contributed by atoms with van der Waals surface area (Å²) >= 11 is 0. The molecule has 0 aromatic heterocycles. The molecule has 1 fully saturated rings. The van der Waals surface area contributed by atoms with E-state index in [2.05, 4.69) is 0 Å². The molecule has 1 aliphatic heterocycles. The van der Waals surface area contributed by atoms with Gasteiger partial charge >= 0.3 is 0 Å². The molecule has 1 aliphatic rings. The molecule has 1 saturated heterocycles. The molecule has 1 unspecified atom stereocenters. The lowest BCUT2D eigenvalue weighted by molar-refractivity contribution is -0.129. The van der Waals surface area contributed by atoms with E-state index in [1.165, 1.54) is 12.1 Å². The minimum Gasteiger partial charge on any atom is -0.381 e.